The number of hydrogen-bond acceptors (Lipinski definition) is 31. The summed E-state index contributed by atoms with van der Waals surface area (Å²) in [4.78, 5) is 335. The molecule has 35 N–H and O–H groups in total. The van der Waals surface area contributed by atoms with Gasteiger partial charge in [-0.15, -0.1) is 0 Å². The maximum atomic E-state index is 14.7. The van der Waals surface area contributed by atoms with Crippen molar-refractivity contribution in [2.75, 3.05) is 78.6 Å². The van der Waals surface area contributed by atoms with Gasteiger partial charge in [0.1, 0.15) is 90.6 Å². The number of likely N-dealkylation sites (tertiary alicyclic amines) is 2. The highest BCUT2D eigenvalue weighted by molar-refractivity contribution is 6.02. The highest BCUT2D eigenvalue weighted by Gasteiger charge is 2.44. The summed E-state index contributed by atoms with van der Waals surface area (Å²) < 4.78 is 0. The van der Waals surface area contributed by atoms with Crippen LogP contribution in [0.5, 0.6) is 0 Å². The van der Waals surface area contributed by atoms with E-state index in [9.17, 15) is 151 Å². The number of unbranched alkanes of at least 4 members (excludes halogenated alkanes) is 3. The monoisotopic (exact) mass is 2080 g/mol. The fourth-order valence-corrected chi connectivity index (χ4v) is 15.6. The lowest BCUT2D eigenvalue weighted by molar-refractivity contribution is -0.145. The molecule has 0 unspecified atom stereocenters. The zero-order valence-electron chi connectivity index (χ0n) is 82.5. The van der Waals surface area contributed by atoms with E-state index in [1.54, 1.807) is 0 Å². The second kappa shape index (κ2) is 66.7. The minimum atomic E-state index is -2.06. The number of nitrogens with one attached hydrogen (secondary N) is 20. The molecule has 0 spiro atoms. The van der Waals surface area contributed by atoms with E-state index in [4.69, 9.17) is 33.5 Å². The average molecular weight is 2080 g/mol. The fourth-order valence-electron chi connectivity index (χ4n) is 15.6. The Balaban J connectivity index is 1.74. The summed E-state index contributed by atoms with van der Waals surface area (Å²) in [7, 11) is 0. The van der Waals surface area contributed by atoms with Gasteiger partial charge < -0.3 is 169 Å². The third kappa shape index (κ3) is 47.6. The van der Waals surface area contributed by atoms with Gasteiger partial charge in [0.2, 0.25) is 112 Å². The van der Waals surface area contributed by atoms with Gasteiger partial charge in [-0.05, 0) is 186 Å². The predicted octanol–water partition coefficient (Wildman–Crippen LogP) is -11.1. The molecular formula is C88H146N26O32. The number of nitrogens with two attached hydrogens (primary N) is 4. The van der Waals surface area contributed by atoms with E-state index in [1.807, 2.05) is 19.2 Å². The molecule has 3 saturated heterocycles. The number of carbonyl (C=O) groups excluding carboxylic acids is 19. The van der Waals surface area contributed by atoms with Crippen molar-refractivity contribution in [2.45, 2.75) is 305 Å². The van der Waals surface area contributed by atoms with Gasteiger partial charge in [-0.3, -0.25) is 120 Å². The quantitative estimate of drug-likeness (QED) is 0.0153. The molecule has 58 nitrogen and oxygen atoms in total. The van der Waals surface area contributed by atoms with Crippen molar-refractivity contribution >= 4 is 154 Å². The standard InChI is InChI=1S/C88H146N26O32/c1-45(2)38-57(110-83(141)61-22-15-37-114(61)85(143)54-19-12-34-94-54)79(137)103-48(16-6-9-31-89)73(131)98-42-63(117)100-47(5)72(130)97-40-62(116)96-41-64(118)101-49(17-7-10-32-90)74(132)105-52(24-28-67(122)123)77(135)108-55(20-13-35-95-88(92)93)86(144)113-36-14-21-60(113)82(140)99-43-65(119)102-59(44-115)81(139)104-50(18-8-11-33-91)75(133)106-51(23-27-66(120)121)76(134)107-53(25-29-68(124)125)78(136)112-71(46(3)4)84(142)111-58(39-70(128)129)80(138)109-56(87(145)146)26-30-69(126)127/h45-61,71,94,115H,6-44,89-91H2,1-5H3,(H,96,116)(H,97,130)(H,98,131)(H,99,140)(H,100,117)(H,101,118)(H,102,119)(H,103,137)(H,104,139)(H,105,132)(H,106,133)(H,107,134)(H,108,135)(H,109,138)(H,110,141)(H,111,142)(H,112,136)(H,120,121)(H,122,123)(H,124,125)(H,126,127)(H,128,129)(H,145,146)(H4,92,93,95)/t47-,48-,49-,50-,51-,52-,53-,54-,55-,56-,57-,58-,59-,60-,61-,71-/m0/s1. The summed E-state index contributed by atoms with van der Waals surface area (Å²) >= 11 is 0. The molecule has 3 rings (SSSR count). The highest BCUT2D eigenvalue weighted by atomic mass is 16.4. The van der Waals surface area contributed by atoms with Crippen molar-refractivity contribution in [3.8, 4) is 0 Å². The molecule has 3 heterocycles. The number of aliphatic carboxylic acids is 6. The van der Waals surface area contributed by atoms with E-state index in [2.05, 4.69) is 95.7 Å². The molecule has 3 aliphatic rings. The smallest absolute Gasteiger partial charge is 0.326 e. The molecule has 0 aromatic heterocycles. The molecule has 0 aromatic rings. The number of hydrogen-bond donors (Lipinski definition) is 31. The van der Waals surface area contributed by atoms with Crippen molar-refractivity contribution in [3.63, 3.8) is 0 Å². The van der Waals surface area contributed by atoms with Crippen molar-refractivity contribution < 1.29 is 156 Å². The molecule has 0 bridgehead atoms. The van der Waals surface area contributed by atoms with Gasteiger partial charge in [-0.2, -0.15) is 0 Å². The lowest BCUT2D eigenvalue weighted by Crippen LogP contribution is -2.61. The first-order chi connectivity index (χ1) is 68.9. The second-order valence-electron chi connectivity index (χ2n) is 36.1. The molecule has 820 valence electrons. The molecule has 0 aromatic carbocycles. The van der Waals surface area contributed by atoms with Crippen molar-refractivity contribution in [1.29, 1.82) is 5.41 Å². The van der Waals surface area contributed by atoms with Crippen molar-refractivity contribution in [3.05, 3.63) is 0 Å². The predicted molar refractivity (Wildman–Crippen MR) is 510 cm³/mol. The van der Waals surface area contributed by atoms with Gasteiger partial charge in [0.15, 0.2) is 5.96 Å². The molecule has 0 radical (unpaired) electrons. The third-order valence-electron chi connectivity index (χ3n) is 23.4. The Bertz CT molecular complexity index is 4520. The van der Waals surface area contributed by atoms with Crippen molar-refractivity contribution in [2.24, 2.45) is 34.8 Å². The van der Waals surface area contributed by atoms with E-state index in [-0.39, 0.29) is 115 Å². The van der Waals surface area contributed by atoms with Crippen LogP contribution in [0.3, 0.4) is 0 Å². The van der Waals surface area contributed by atoms with E-state index >= 15 is 0 Å². The van der Waals surface area contributed by atoms with Crippen LogP contribution in [0.25, 0.3) is 0 Å². The first kappa shape index (κ1) is 126. The molecule has 146 heavy (non-hydrogen) atoms. The maximum Gasteiger partial charge on any atom is 0.326 e. The second-order valence-corrected chi connectivity index (χ2v) is 36.1. The van der Waals surface area contributed by atoms with Crippen LogP contribution in [0.15, 0.2) is 0 Å². The fraction of sp³-hybridized carbons (Fsp3) is 0.705. The SMILES string of the molecule is CC(C)C[C@H](NC(=O)[C@@H]1CCCN1C(=O)[C@@H]1CCCN1)C(=O)N[C@@H](CCCCN)C(=O)NCC(=O)N[C@@H](C)C(=O)NCC(=O)NCC(=O)N[C@@H](CCCCN)C(=O)N[C@@H](CCC(=O)O)C(=O)N[C@@H](CCCNC(=N)N)C(=O)N1CCC[C@H]1C(=O)NCC(=O)N[C@@H](CO)C(=O)N[C@@H](CCCCN)C(=O)N[C@@H](CCC(=O)O)C(=O)N[C@@H](CCC(=O)O)C(=O)N[C@H](C(=O)N[C@@H](CC(=O)O)C(=O)N[C@@H](CCC(=O)O)C(=O)O)C(C)C. The minimum Gasteiger partial charge on any atom is -0.481 e. The number of amides is 19. The molecular weight excluding hydrogens is 1930 g/mol. The van der Waals surface area contributed by atoms with Gasteiger partial charge >= 0.3 is 35.8 Å². The van der Waals surface area contributed by atoms with E-state index in [1.165, 1.54) is 25.7 Å². The van der Waals surface area contributed by atoms with Crippen LogP contribution in [0.4, 0.5) is 0 Å². The van der Waals surface area contributed by atoms with E-state index < -0.39 is 341 Å². The van der Waals surface area contributed by atoms with Crippen LogP contribution < -0.4 is 124 Å². The van der Waals surface area contributed by atoms with Gasteiger partial charge in [-0.1, -0.05) is 27.7 Å². The lowest BCUT2D eigenvalue weighted by Gasteiger charge is -2.30. The highest BCUT2D eigenvalue weighted by Crippen LogP contribution is 2.24. The van der Waals surface area contributed by atoms with Gasteiger partial charge in [0.05, 0.1) is 45.2 Å². The number of carboxylic acid groups (broad SMARTS) is 6. The molecule has 0 saturated carbocycles. The molecule has 19 amide bonds. The van der Waals surface area contributed by atoms with Gasteiger partial charge in [-0.25, -0.2) is 4.79 Å². The van der Waals surface area contributed by atoms with Crippen LogP contribution in [-0.4, -0.2) is 375 Å². The first-order valence-corrected chi connectivity index (χ1v) is 48.4. The molecule has 3 fully saturated rings. The molecule has 0 aliphatic carbocycles. The summed E-state index contributed by atoms with van der Waals surface area (Å²) in [6.45, 7) is 4.40. The van der Waals surface area contributed by atoms with E-state index in [0.717, 1.165) is 11.3 Å². The molecule has 16 atom stereocenters. The normalized spacial score (nSPS) is 16.8. The minimum absolute atomic E-state index is 0.0262. The van der Waals surface area contributed by atoms with Crippen molar-refractivity contribution in [1.82, 2.24) is 111 Å². The number of aliphatic hydroxyl groups is 1. The Kier molecular flexibility index (Phi) is 57.5. The Morgan fingerprint density at radius 1 is 0.356 bits per heavy atom. The number of aliphatic hydroxyl groups excluding tert-OH is 1. The molecule has 58 heteroatoms. The van der Waals surface area contributed by atoms with Crippen LogP contribution >= 0.6 is 0 Å². The Hall–Kier alpha value is -14.2. The van der Waals surface area contributed by atoms with Gasteiger partial charge in [0.25, 0.3) is 0 Å². The zero-order chi connectivity index (χ0) is 110. The van der Waals surface area contributed by atoms with Crippen LogP contribution in [-0.2, 0) is 120 Å². The lowest BCUT2D eigenvalue weighted by atomic mass is 10.0. The van der Waals surface area contributed by atoms with Crippen LogP contribution in [0, 0.1) is 17.2 Å². The number of carboxylic acids is 6. The summed E-state index contributed by atoms with van der Waals surface area (Å²) in [5, 5.41) is 121. The first-order valence-electron chi connectivity index (χ1n) is 48.4. The Morgan fingerprint density at radius 2 is 0.740 bits per heavy atom. The summed E-state index contributed by atoms with van der Waals surface area (Å²) in [6, 6.07) is -24.4. The molecule has 3 aliphatic heterocycles. The van der Waals surface area contributed by atoms with Crippen LogP contribution in [0.1, 0.15) is 208 Å². The Morgan fingerprint density at radius 3 is 1.19 bits per heavy atom. The maximum absolute atomic E-state index is 14.7. The van der Waals surface area contributed by atoms with E-state index in [0.29, 0.717) is 51.6 Å². The van der Waals surface area contributed by atoms with Crippen LogP contribution in [0.2, 0.25) is 0 Å². The van der Waals surface area contributed by atoms with Gasteiger partial charge in [0, 0.05) is 45.3 Å². The zero-order valence-corrected chi connectivity index (χ0v) is 82.5. The largest absolute Gasteiger partial charge is 0.481 e. The number of nitrogens with zero attached hydrogens (tertiary/aromatic N) is 2. The summed E-state index contributed by atoms with van der Waals surface area (Å²) in [5.41, 5.74) is 22.6. The third-order valence-corrected chi connectivity index (χ3v) is 23.4. The average Bonchev–Trinajstić information content (AvgIpc) is 1.66. The number of rotatable bonds is 71. The summed E-state index contributed by atoms with van der Waals surface area (Å²) in [6.07, 6.45) is -3.72. The Labute approximate surface area is 840 Å². The number of carbonyl (C=O) groups is 25. The topological polar surface area (TPSA) is 931 Å². The number of guanidine groups is 1. The summed E-state index contributed by atoms with van der Waals surface area (Å²) in [5.74, 6) is -29.9.